The fourth-order valence-corrected chi connectivity index (χ4v) is 0.288. The van der Waals surface area contributed by atoms with Crippen molar-refractivity contribution in [2.45, 2.75) is 59.9 Å². The lowest BCUT2D eigenvalue weighted by Crippen LogP contribution is -2.06. The van der Waals surface area contributed by atoms with E-state index in [2.05, 4.69) is 0 Å². The molecule has 0 saturated carbocycles. The molecule has 0 aliphatic heterocycles. The SMILES string of the molecule is CC(C)O.CC(C)O.CC(C)OCCO. The van der Waals surface area contributed by atoms with Crippen LogP contribution in [0.4, 0.5) is 0 Å². The molecule has 0 aliphatic carbocycles. The number of aliphatic hydroxyl groups excluding tert-OH is 3. The molecular weight excluding hydrogens is 196 g/mol. The first kappa shape index (κ1) is 20.3. The second-order valence-electron chi connectivity index (χ2n) is 3.83. The Labute approximate surface area is 93.9 Å². The number of aliphatic hydroxyl groups is 3. The Bertz CT molecular complexity index is 81.1. The molecule has 3 N–H and O–H groups in total. The van der Waals surface area contributed by atoms with E-state index in [1.54, 1.807) is 27.7 Å². The average Bonchev–Trinajstić information content (AvgIpc) is 1.98. The maximum Gasteiger partial charge on any atom is 0.0701 e. The molecule has 15 heavy (non-hydrogen) atoms. The van der Waals surface area contributed by atoms with Crippen LogP contribution in [0.1, 0.15) is 41.5 Å². The first-order valence-electron chi connectivity index (χ1n) is 5.32. The normalized spacial score (nSPS) is 9.60. The maximum absolute atomic E-state index is 8.19. The average molecular weight is 224 g/mol. The number of hydrogen-bond acceptors (Lipinski definition) is 4. The third-order valence-electron chi connectivity index (χ3n) is 0.542. The van der Waals surface area contributed by atoms with Crippen molar-refractivity contribution in [3.63, 3.8) is 0 Å². The van der Waals surface area contributed by atoms with Gasteiger partial charge in [-0.15, -0.1) is 0 Å². The van der Waals surface area contributed by atoms with Crippen molar-refractivity contribution in [1.82, 2.24) is 0 Å². The maximum atomic E-state index is 8.19. The van der Waals surface area contributed by atoms with Crippen molar-refractivity contribution >= 4 is 0 Å². The smallest absolute Gasteiger partial charge is 0.0701 e. The van der Waals surface area contributed by atoms with Gasteiger partial charge in [-0.3, -0.25) is 0 Å². The van der Waals surface area contributed by atoms with Crippen molar-refractivity contribution in [2.24, 2.45) is 0 Å². The van der Waals surface area contributed by atoms with Gasteiger partial charge in [-0.05, 0) is 41.5 Å². The summed E-state index contributed by atoms with van der Waals surface area (Å²) in [6.45, 7) is 11.3. The van der Waals surface area contributed by atoms with E-state index in [0.717, 1.165) is 0 Å². The molecule has 0 rings (SSSR count). The Hall–Kier alpha value is -0.160. The predicted octanol–water partition coefficient (Wildman–Crippen LogP) is 1.18. The highest BCUT2D eigenvalue weighted by Gasteiger charge is 1.87. The van der Waals surface area contributed by atoms with Gasteiger partial charge < -0.3 is 20.1 Å². The monoisotopic (exact) mass is 224 g/mol. The highest BCUT2D eigenvalue weighted by molar-refractivity contribution is 4.33. The zero-order valence-corrected chi connectivity index (χ0v) is 10.9. The van der Waals surface area contributed by atoms with E-state index in [0.29, 0.717) is 6.61 Å². The minimum Gasteiger partial charge on any atom is -0.394 e. The van der Waals surface area contributed by atoms with E-state index in [1.807, 2.05) is 13.8 Å². The van der Waals surface area contributed by atoms with Gasteiger partial charge >= 0.3 is 0 Å². The molecule has 0 unspecified atom stereocenters. The van der Waals surface area contributed by atoms with Gasteiger partial charge in [-0.2, -0.15) is 0 Å². The van der Waals surface area contributed by atoms with Crippen molar-refractivity contribution < 1.29 is 20.1 Å². The molecule has 0 fully saturated rings. The summed E-state index contributed by atoms with van der Waals surface area (Å²) in [6, 6.07) is 0. The molecule has 0 heterocycles. The molecule has 0 aromatic carbocycles. The van der Waals surface area contributed by atoms with E-state index in [-0.39, 0.29) is 24.9 Å². The molecule has 0 aromatic heterocycles. The van der Waals surface area contributed by atoms with E-state index in [1.165, 1.54) is 0 Å². The quantitative estimate of drug-likeness (QED) is 0.673. The number of hydrogen-bond donors (Lipinski definition) is 3. The van der Waals surface area contributed by atoms with Crippen LogP contribution in [0.25, 0.3) is 0 Å². The number of rotatable bonds is 3. The summed E-state index contributed by atoms with van der Waals surface area (Å²) in [4.78, 5) is 0. The van der Waals surface area contributed by atoms with Crippen molar-refractivity contribution in [1.29, 1.82) is 0 Å². The fourth-order valence-electron chi connectivity index (χ4n) is 0.288. The Morgan fingerprint density at radius 3 is 1.20 bits per heavy atom. The fraction of sp³-hybridized carbons (Fsp3) is 1.00. The lowest BCUT2D eigenvalue weighted by Gasteiger charge is -2.02. The molecule has 0 atom stereocenters. The molecule has 0 radical (unpaired) electrons. The van der Waals surface area contributed by atoms with Crippen LogP contribution in [0.5, 0.6) is 0 Å². The Morgan fingerprint density at radius 2 is 1.13 bits per heavy atom. The van der Waals surface area contributed by atoms with Crippen LogP contribution >= 0.6 is 0 Å². The molecule has 4 heteroatoms. The summed E-state index contributed by atoms with van der Waals surface area (Å²) in [5.74, 6) is 0. The summed E-state index contributed by atoms with van der Waals surface area (Å²) >= 11 is 0. The van der Waals surface area contributed by atoms with Gasteiger partial charge in [0.1, 0.15) is 0 Å². The van der Waals surface area contributed by atoms with Gasteiger partial charge in [0.15, 0.2) is 0 Å². The van der Waals surface area contributed by atoms with Crippen LogP contribution in [0.2, 0.25) is 0 Å². The lowest BCUT2D eigenvalue weighted by atomic mass is 10.5. The van der Waals surface area contributed by atoms with Crippen LogP contribution in [0, 0.1) is 0 Å². The molecule has 0 aliphatic rings. The third kappa shape index (κ3) is 132. The van der Waals surface area contributed by atoms with Gasteiger partial charge in [-0.25, -0.2) is 0 Å². The Balaban J connectivity index is -0.000000155. The standard InChI is InChI=1S/C5H12O2.2C3H8O/c1-5(2)7-4-3-6;2*1-3(2)4/h5-6H,3-4H2,1-2H3;2*3-4H,1-2H3. The summed E-state index contributed by atoms with van der Waals surface area (Å²) in [6.07, 6.45) is -0.0906. The van der Waals surface area contributed by atoms with Crippen LogP contribution in [-0.2, 0) is 4.74 Å². The highest BCUT2D eigenvalue weighted by atomic mass is 16.5. The van der Waals surface area contributed by atoms with E-state index in [9.17, 15) is 0 Å². The molecule has 0 saturated heterocycles. The minimum atomic E-state index is -0.167. The lowest BCUT2D eigenvalue weighted by molar-refractivity contribution is 0.0494. The van der Waals surface area contributed by atoms with E-state index >= 15 is 0 Å². The van der Waals surface area contributed by atoms with Crippen LogP contribution < -0.4 is 0 Å². The summed E-state index contributed by atoms with van der Waals surface area (Å²) < 4.78 is 4.94. The van der Waals surface area contributed by atoms with Crippen LogP contribution in [0.3, 0.4) is 0 Å². The second kappa shape index (κ2) is 16.3. The van der Waals surface area contributed by atoms with Crippen molar-refractivity contribution in [2.75, 3.05) is 13.2 Å². The van der Waals surface area contributed by atoms with E-state index in [4.69, 9.17) is 20.1 Å². The predicted molar refractivity (Wildman–Crippen MR) is 62.9 cm³/mol. The number of ether oxygens (including phenoxy) is 1. The van der Waals surface area contributed by atoms with Crippen LogP contribution in [-0.4, -0.2) is 46.8 Å². The molecule has 96 valence electrons. The minimum absolute atomic E-state index is 0.123. The van der Waals surface area contributed by atoms with Gasteiger partial charge in [0.25, 0.3) is 0 Å². The van der Waals surface area contributed by atoms with Gasteiger partial charge in [0.2, 0.25) is 0 Å². The van der Waals surface area contributed by atoms with Crippen molar-refractivity contribution in [3.8, 4) is 0 Å². The van der Waals surface area contributed by atoms with Gasteiger partial charge in [-0.1, -0.05) is 0 Å². The van der Waals surface area contributed by atoms with Crippen LogP contribution in [0.15, 0.2) is 0 Å². The summed E-state index contributed by atoms with van der Waals surface area (Å²) in [5.41, 5.74) is 0. The zero-order valence-electron chi connectivity index (χ0n) is 10.9. The van der Waals surface area contributed by atoms with Gasteiger partial charge in [0.05, 0.1) is 19.3 Å². The summed E-state index contributed by atoms with van der Waals surface area (Å²) in [7, 11) is 0. The second-order valence-corrected chi connectivity index (χ2v) is 3.83. The third-order valence-corrected chi connectivity index (χ3v) is 0.542. The topological polar surface area (TPSA) is 69.9 Å². The van der Waals surface area contributed by atoms with E-state index < -0.39 is 0 Å². The molecule has 0 spiro atoms. The molecule has 4 nitrogen and oxygen atoms in total. The molecule has 0 bridgehead atoms. The molecule has 0 amide bonds. The van der Waals surface area contributed by atoms with Gasteiger partial charge in [0, 0.05) is 12.2 Å². The largest absolute Gasteiger partial charge is 0.394 e. The first-order valence-corrected chi connectivity index (χ1v) is 5.32. The molecular formula is C11H28O4. The Kier molecular flexibility index (Phi) is 22.0. The van der Waals surface area contributed by atoms with Crippen molar-refractivity contribution in [3.05, 3.63) is 0 Å². The summed E-state index contributed by atoms with van der Waals surface area (Å²) in [5, 5.41) is 24.3. The Morgan fingerprint density at radius 1 is 0.867 bits per heavy atom. The zero-order chi connectivity index (χ0) is 12.9. The first-order chi connectivity index (χ1) is 6.73. The molecule has 0 aromatic rings. The highest BCUT2D eigenvalue weighted by Crippen LogP contribution is 1.83.